The highest BCUT2D eigenvalue weighted by Gasteiger charge is 2.48. The molecular formula is C11H12ClF2NO2. The van der Waals surface area contributed by atoms with Crippen LogP contribution in [0.5, 0.6) is 0 Å². The van der Waals surface area contributed by atoms with E-state index in [2.05, 4.69) is 4.74 Å². The number of carbonyl (C=O) groups excluding carboxylic acids is 1. The molecular weight excluding hydrogens is 252 g/mol. The van der Waals surface area contributed by atoms with Gasteiger partial charge < -0.3 is 10.5 Å². The zero-order valence-corrected chi connectivity index (χ0v) is 9.88. The standard InChI is InChI=1S/C11H12ClF2NO2/c1-2-17-10(16)11(13,14)9(15)7-5-3-4-6-8(7)12/h3-6,9H,2,15H2,1H3/t9-/m0/s1. The zero-order valence-electron chi connectivity index (χ0n) is 9.12. The monoisotopic (exact) mass is 263 g/mol. The van der Waals surface area contributed by atoms with Crippen molar-refractivity contribution in [2.24, 2.45) is 5.73 Å². The molecule has 2 N–H and O–H groups in total. The van der Waals surface area contributed by atoms with Crippen LogP contribution >= 0.6 is 11.6 Å². The number of hydrogen-bond acceptors (Lipinski definition) is 3. The molecule has 3 nitrogen and oxygen atoms in total. The van der Waals surface area contributed by atoms with E-state index in [4.69, 9.17) is 17.3 Å². The first-order valence-electron chi connectivity index (χ1n) is 4.96. The molecule has 0 amide bonds. The molecule has 0 saturated carbocycles. The molecule has 1 aromatic rings. The Hall–Kier alpha value is -1.20. The van der Waals surface area contributed by atoms with E-state index < -0.39 is 17.9 Å². The third-order valence-corrected chi connectivity index (χ3v) is 2.52. The number of halogens is 3. The van der Waals surface area contributed by atoms with Crippen LogP contribution in [0.25, 0.3) is 0 Å². The number of ether oxygens (including phenoxy) is 1. The van der Waals surface area contributed by atoms with E-state index in [1.807, 2.05) is 0 Å². The van der Waals surface area contributed by atoms with Gasteiger partial charge >= 0.3 is 11.9 Å². The minimum atomic E-state index is -3.80. The molecule has 0 fully saturated rings. The van der Waals surface area contributed by atoms with Gasteiger partial charge in [0.05, 0.1) is 6.61 Å². The summed E-state index contributed by atoms with van der Waals surface area (Å²) in [5, 5.41) is 0.0870. The lowest BCUT2D eigenvalue weighted by molar-refractivity contribution is -0.174. The average molecular weight is 264 g/mol. The fourth-order valence-electron chi connectivity index (χ4n) is 1.28. The van der Waals surface area contributed by atoms with Crippen LogP contribution in [0, 0.1) is 0 Å². The van der Waals surface area contributed by atoms with Crippen molar-refractivity contribution >= 4 is 17.6 Å². The van der Waals surface area contributed by atoms with Crippen molar-refractivity contribution in [2.75, 3.05) is 6.61 Å². The minimum Gasteiger partial charge on any atom is -0.462 e. The number of rotatable bonds is 4. The van der Waals surface area contributed by atoms with Gasteiger partial charge in [-0.3, -0.25) is 0 Å². The lowest BCUT2D eigenvalue weighted by Gasteiger charge is -2.22. The molecule has 0 spiro atoms. The first-order chi connectivity index (χ1) is 7.91. The van der Waals surface area contributed by atoms with Gasteiger partial charge in [0.2, 0.25) is 0 Å². The average Bonchev–Trinajstić information content (AvgIpc) is 2.29. The fourth-order valence-corrected chi connectivity index (χ4v) is 1.53. The lowest BCUT2D eigenvalue weighted by Crippen LogP contribution is -2.41. The Kier molecular flexibility index (Phi) is 4.42. The summed E-state index contributed by atoms with van der Waals surface area (Å²) in [5.41, 5.74) is 5.38. The molecule has 0 bridgehead atoms. The topological polar surface area (TPSA) is 52.3 Å². The van der Waals surface area contributed by atoms with Crippen molar-refractivity contribution < 1.29 is 18.3 Å². The number of esters is 1. The van der Waals surface area contributed by atoms with Gasteiger partial charge in [-0.1, -0.05) is 29.8 Å². The van der Waals surface area contributed by atoms with Gasteiger partial charge in [0.25, 0.3) is 0 Å². The molecule has 0 saturated heterocycles. The Morgan fingerprint density at radius 3 is 2.65 bits per heavy atom. The van der Waals surface area contributed by atoms with Crippen LogP contribution in [0.15, 0.2) is 24.3 Å². The van der Waals surface area contributed by atoms with Crippen molar-refractivity contribution in [2.45, 2.75) is 18.9 Å². The van der Waals surface area contributed by atoms with Crippen LogP contribution < -0.4 is 5.73 Å². The summed E-state index contributed by atoms with van der Waals surface area (Å²) in [6.45, 7) is 1.30. The van der Waals surface area contributed by atoms with Gasteiger partial charge in [0.15, 0.2) is 0 Å². The number of nitrogens with two attached hydrogens (primary N) is 1. The maximum absolute atomic E-state index is 13.6. The van der Waals surface area contributed by atoms with Gasteiger partial charge in [-0.25, -0.2) is 4.79 Å². The summed E-state index contributed by atoms with van der Waals surface area (Å²) in [6.07, 6.45) is 0. The second-order valence-electron chi connectivity index (χ2n) is 3.34. The molecule has 6 heteroatoms. The molecule has 0 aliphatic carbocycles. The SMILES string of the molecule is CCOC(=O)C(F)(F)[C@@H](N)c1ccccc1Cl. The molecule has 0 aliphatic rings. The molecule has 0 aliphatic heterocycles. The third-order valence-electron chi connectivity index (χ3n) is 2.18. The molecule has 0 unspecified atom stereocenters. The zero-order chi connectivity index (χ0) is 13.1. The Balaban J connectivity index is 3.00. The quantitative estimate of drug-likeness (QED) is 0.850. The highest BCUT2D eigenvalue weighted by atomic mass is 35.5. The van der Waals surface area contributed by atoms with Gasteiger partial charge in [-0.2, -0.15) is 8.78 Å². The highest BCUT2D eigenvalue weighted by molar-refractivity contribution is 6.31. The molecule has 17 heavy (non-hydrogen) atoms. The molecule has 0 radical (unpaired) electrons. The van der Waals surface area contributed by atoms with Crippen LogP contribution in [-0.2, 0) is 9.53 Å². The van der Waals surface area contributed by atoms with Crippen LogP contribution in [0.2, 0.25) is 5.02 Å². The molecule has 94 valence electrons. The highest BCUT2D eigenvalue weighted by Crippen LogP contribution is 2.33. The van der Waals surface area contributed by atoms with Gasteiger partial charge in [0.1, 0.15) is 6.04 Å². The van der Waals surface area contributed by atoms with Crippen LogP contribution in [0.3, 0.4) is 0 Å². The van der Waals surface area contributed by atoms with Crippen molar-refractivity contribution in [1.29, 1.82) is 0 Å². The van der Waals surface area contributed by atoms with E-state index >= 15 is 0 Å². The minimum absolute atomic E-state index is 0.00668. The summed E-state index contributed by atoms with van der Waals surface area (Å²) in [7, 11) is 0. The fraction of sp³-hybridized carbons (Fsp3) is 0.364. The number of alkyl halides is 2. The molecule has 0 aromatic heterocycles. The Labute approximate surface area is 103 Å². The summed E-state index contributed by atoms with van der Waals surface area (Å²) in [6, 6.07) is 4.05. The smallest absolute Gasteiger partial charge is 0.379 e. The largest absolute Gasteiger partial charge is 0.462 e. The van der Waals surface area contributed by atoms with Crippen molar-refractivity contribution in [1.82, 2.24) is 0 Å². The summed E-state index contributed by atoms with van der Waals surface area (Å²) >= 11 is 5.74. The van der Waals surface area contributed by atoms with E-state index in [0.29, 0.717) is 0 Å². The molecule has 0 heterocycles. The Morgan fingerprint density at radius 2 is 2.12 bits per heavy atom. The van der Waals surface area contributed by atoms with E-state index in [1.54, 1.807) is 6.07 Å². The summed E-state index contributed by atoms with van der Waals surface area (Å²) in [4.78, 5) is 11.1. The van der Waals surface area contributed by atoms with Crippen LogP contribution in [0.1, 0.15) is 18.5 Å². The van der Waals surface area contributed by atoms with E-state index in [1.165, 1.54) is 25.1 Å². The Bertz CT molecular complexity index is 412. The molecule has 1 rings (SSSR count). The normalized spacial score (nSPS) is 13.2. The summed E-state index contributed by atoms with van der Waals surface area (Å²) < 4.78 is 31.5. The second-order valence-corrected chi connectivity index (χ2v) is 3.75. The third kappa shape index (κ3) is 2.92. The first-order valence-corrected chi connectivity index (χ1v) is 5.34. The van der Waals surface area contributed by atoms with Gasteiger partial charge in [0, 0.05) is 5.02 Å². The maximum atomic E-state index is 13.6. The molecule has 1 aromatic carbocycles. The van der Waals surface area contributed by atoms with E-state index in [-0.39, 0.29) is 17.2 Å². The number of benzene rings is 1. The van der Waals surface area contributed by atoms with Crippen LogP contribution in [0.4, 0.5) is 8.78 Å². The van der Waals surface area contributed by atoms with Gasteiger partial charge in [-0.15, -0.1) is 0 Å². The lowest BCUT2D eigenvalue weighted by atomic mass is 10.0. The Morgan fingerprint density at radius 1 is 1.53 bits per heavy atom. The second kappa shape index (κ2) is 5.42. The van der Waals surface area contributed by atoms with Gasteiger partial charge in [-0.05, 0) is 18.6 Å². The maximum Gasteiger partial charge on any atom is 0.379 e. The first kappa shape index (κ1) is 13.9. The van der Waals surface area contributed by atoms with Crippen molar-refractivity contribution in [3.05, 3.63) is 34.9 Å². The molecule has 1 atom stereocenters. The van der Waals surface area contributed by atoms with Crippen molar-refractivity contribution in [3.63, 3.8) is 0 Å². The van der Waals surface area contributed by atoms with Crippen LogP contribution in [-0.4, -0.2) is 18.5 Å². The number of carbonyl (C=O) groups is 1. The summed E-state index contributed by atoms with van der Waals surface area (Å²) in [5.74, 6) is -5.45. The number of hydrogen-bond donors (Lipinski definition) is 1. The predicted molar refractivity (Wildman–Crippen MR) is 60.0 cm³/mol. The van der Waals surface area contributed by atoms with Crippen molar-refractivity contribution in [3.8, 4) is 0 Å². The van der Waals surface area contributed by atoms with E-state index in [0.717, 1.165) is 0 Å². The van der Waals surface area contributed by atoms with E-state index in [9.17, 15) is 13.6 Å². The predicted octanol–water partition coefficient (Wildman–Crippen LogP) is 2.54.